The molecule has 108 valence electrons. The van der Waals surface area contributed by atoms with E-state index in [0.717, 1.165) is 6.42 Å². The number of ether oxygens (including phenoxy) is 1. The van der Waals surface area contributed by atoms with Gasteiger partial charge in [0.05, 0.1) is 0 Å². The highest BCUT2D eigenvalue weighted by Gasteiger charge is 2.28. The van der Waals surface area contributed by atoms with E-state index < -0.39 is 0 Å². The first-order valence-corrected chi connectivity index (χ1v) is 6.53. The summed E-state index contributed by atoms with van der Waals surface area (Å²) in [6.07, 6.45) is 0.886. The molecule has 0 aromatic carbocycles. The molecule has 0 saturated heterocycles. The van der Waals surface area contributed by atoms with Crippen molar-refractivity contribution in [2.45, 2.75) is 53.2 Å². The van der Waals surface area contributed by atoms with Crippen molar-refractivity contribution in [2.24, 2.45) is 5.41 Å². The van der Waals surface area contributed by atoms with E-state index in [1.165, 1.54) is 0 Å². The number of carbonyl (C=O) groups excluding carboxylic acids is 1. The average molecular weight is 267 g/mol. The van der Waals surface area contributed by atoms with Crippen LogP contribution in [0.15, 0.2) is 16.5 Å². The lowest BCUT2D eigenvalue weighted by atomic mass is 9.82. The smallest absolute Gasteiger partial charge is 0.287 e. The third kappa shape index (κ3) is 5.47. The summed E-state index contributed by atoms with van der Waals surface area (Å²) < 4.78 is 10.4. The van der Waals surface area contributed by atoms with Crippen LogP contribution >= 0.6 is 0 Å². The van der Waals surface area contributed by atoms with E-state index in [0.29, 0.717) is 18.1 Å². The first-order chi connectivity index (χ1) is 8.63. The molecule has 4 nitrogen and oxygen atoms in total. The van der Waals surface area contributed by atoms with Crippen LogP contribution in [-0.4, -0.2) is 18.6 Å². The van der Waals surface area contributed by atoms with E-state index in [1.54, 1.807) is 19.2 Å². The Hall–Kier alpha value is -1.29. The molecule has 1 amide bonds. The van der Waals surface area contributed by atoms with Gasteiger partial charge in [-0.05, 0) is 37.8 Å². The number of furan rings is 1. The van der Waals surface area contributed by atoms with Crippen molar-refractivity contribution in [2.75, 3.05) is 7.11 Å². The Morgan fingerprint density at radius 2 is 1.89 bits per heavy atom. The molecule has 0 fully saturated rings. The maximum atomic E-state index is 12.1. The van der Waals surface area contributed by atoms with Gasteiger partial charge in [0.1, 0.15) is 12.4 Å². The van der Waals surface area contributed by atoms with Crippen molar-refractivity contribution in [3.05, 3.63) is 23.7 Å². The van der Waals surface area contributed by atoms with Crippen LogP contribution in [0.1, 0.15) is 57.4 Å². The molecule has 0 saturated carbocycles. The molecule has 0 aliphatic heterocycles. The molecule has 1 N–H and O–H groups in total. The predicted octanol–water partition coefficient (Wildman–Crippen LogP) is 3.37. The molecule has 0 atom stereocenters. The zero-order chi connectivity index (χ0) is 14.7. The van der Waals surface area contributed by atoms with E-state index in [9.17, 15) is 4.79 Å². The van der Waals surface area contributed by atoms with Gasteiger partial charge in [0.25, 0.3) is 5.91 Å². The van der Waals surface area contributed by atoms with Crippen LogP contribution < -0.4 is 5.32 Å². The Morgan fingerprint density at radius 1 is 1.26 bits per heavy atom. The molecule has 0 radical (unpaired) electrons. The Balaban J connectivity index is 2.67. The average Bonchev–Trinajstić information content (AvgIpc) is 2.61. The summed E-state index contributed by atoms with van der Waals surface area (Å²) in [5.41, 5.74) is -0.120. The van der Waals surface area contributed by atoms with E-state index in [4.69, 9.17) is 9.15 Å². The highest BCUT2D eigenvalue weighted by Crippen LogP contribution is 2.27. The molecule has 1 aromatic heterocycles. The van der Waals surface area contributed by atoms with Crippen molar-refractivity contribution >= 4 is 5.91 Å². The van der Waals surface area contributed by atoms with Gasteiger partial charge < -0.3 is 14.5 Å². The lowest BCUT2D eigenvalue weighted by molar-refractivity contribution is 0.0854. The Kier molecular flexibility index (Phi) is 4.80. The van der Waals surface area contributed by atoms with Crippen LogP contribution in [0.2, 0.25) is 0 Å². The van der Waals surface area contributed by atoms with Crippen molar-refractivity contribution in [3.8, 4) is 0 Å². The zero-order valence-electron chi connectivity index (χ0n) is 12.8. The standard InChI is InChI=1S/C15H25NO3/c1-14(2,3)10-15(4,5)16-13(17)12-8-7-11(19-12)9-18-6/h7-8H,9-10H2,1-6H3,(H,16,17). The fourth-order valence-electron chi connectivity index (χ4n) is 2.46. The minimum Gasteiger partial charge on any atom is -0.453 e. The van der Waals surface area contributed by atoms with Crippen molar-refractivity contribution < 1.29 is 13.9 Å². The summed E-state index contributed by atoms with van der Waals surface area (Å²) in [5.74, 6) is 0.798. The summed E-state index contributed by atoms with van der Waals surface area (Å²) in [7, 11) is 1.59. The van der Waals surface area contributed by atoms with E-state index in [-0.39, 0.29) is 16.9 Å². The predicted molar refractivity (Wildman–Crippen MR) is 75.0 cm³/mol. The number of hydrogen-bond donors (Lipinski definition) is 1. The summed E-state index contributed by atoms with van der Waals surface area (Å²) in [4.78, 5) is 12.1. The van der Waals surface area contributed by atoms with Crippen LogP contribution in [0, 0.1) is 5.41 Å². The first kappa shape index (κ1) is 15.8. The molecule has 0 bridgehead atoms. The second-order valence-electron chi connectivity index (χ2n) is 6.77. The second kappa shape index (κ2) is 5.78. The maximum Gasteiger partial charge on any atom is 0.287 e. The fourth-order valence-corrected chi connectivity index (χ4v) is 2.46. The topological polar surface area (TPSA) is 51.5 Å². The normalized spacial score (nSPS) is 12.5. The Labute approximate surface area is 115 Å². The summed E-state index contributed by atoms with van der Waals surface area (Å²) >= 11 is 0. The molecule has 1 rings (SSSR count). The summed E-state index contributed by atoms with van der Waals surface area (Å²) in [6, 6.07) is 3.44. The van der Waals surface area contributed by atoms with Gasteiger partial charge in [-0.25, -0.2) is 0 Å². The van der Waals surface area contributed by atoms with Gasteiger partial charge in [0.15, 0.2) is 5.76 Å². The Bertz CT molecular complexity index is 427. The van der Waals surface area contributed by atoms with Crippen LogP contribution in [0.25, 0.3) is 0 Å². The summed E-state index contributed by atoms with van der Waals surface area (Å²) in [6.45, 7) is 10.9. The van der Waals surface area contributed by atoms with Gasteiger partial charge in [-0.15, -0.1) is 0 Å². The van der Waals surface area contributed by atoms with E-state index in [1.807, 2.05) is 13.8 Å². The van der Waals surface area contributed by atoms with E-state index >= 15 is 0 Å². The molecule has 0 unspecified atom stereocenters. The minimum absolute atomic E-state index is 0.154. The third-order valence-electron chi connectivity index (χ3n) is 2.60. The largest absolute Gasteiger partial charge is 0.453 e. The van der Waals surface area contributed by atoms with Crippen LogP contribution in [0.4, 0.5) is 0 Å². The van der Waals surface area contributed by atoms with Crippen LogP contribution in [-0.2, 0) is 11.3 Å². The molecular weight excluding hydrogens is 242 g/mol. The van der Waals surface area contributed by atoms with Gasteiger partial charge in [0.2, 0.25) is 0 Å². The number of rotatable bonds is 5. The fraction of sp³-hybridized carbons (Fsp3) is 0.667. The van der Waals surface area contributed by atoms with E-state index in [2.05, 4.69) is 26.1 Å². The molecule has 0 aliphatic rings. The highest BCUT2D eigenvalue weighted by molar-refractivity contribution is 5.91. The number of amides is 1. The molecule has 19 heavy (non-hydrogen) atoms. The van der Waals surface area contributed by atoms with Crippen LogP contribution in [0.3, 0.4) is 0 Å². The third-order valence-corrected chi connectivity index (χ3v) is 2.60. The lowest BCUT2D eigenvalue weighted by Crippen LogP contribution is -2.45. The highest BCUT2D eigenvalue weighted by atomic mass is 16.5. The minimum atomic E-state index is -0.274. The second-order valence-corrected chi connectivity index (χ2v) is 6.77. The quantitative estimate of drug-likeness (QED) is 0.890. The number of carbonyl (C=O) groups is 1. The van der Waals surface area contributed by atoms with Crippen molar-refractivity contribution in [1.82, 2.24) is 5.32 Å². The number of hydrogen-bond acceptors (Lipinski definition) is 3. The van der Waals surface area contributed by atoms with Gasteiger partial charge in [-0.3, -0.25) is 4.79 Å². The zero-order valence-corrected chi connectivity index (χ0v) is 12.8. The first-order valence-electron chi connectivity index (χ1n) is 6.53. The summed E-state index contributed by atoms with van der Waals surface area (Å²) in [5, 5.41) is 3.01. The molecule has 0 aliphatic carbocycles. The van der Waals surface area contributed by atoms with Gasteiger partial charge in [0, 0.05) is 12.6 Å². The molecular formula is C15H25NO3. The van der Waals surface area contributed by atoms with Gasteiger partial charge in [-0.1, -0.05) is 20.8 Å². The molecule has 0 spiro atoms. The maximum absolute atomic E-state index is 12.1. The SMILES string of the molecule is COCc1ccc(C(=O)NC(C)(C)CC(C)(C)C)o1. The molecule has 4 heteroatoms. The monoisotopic (exact) mass is 267 g/mol. The van der Waals surface area contributed by atoms with Gasteiger partial charge >= 0.3 is 0 Å². The molecule has 1 aromatic rings. The van der Waals surface area contributed by atoms with Crippen molar-refractivity contribution in [1.29, 1.82) is 0 Å². The van der Waals surface area contributed by atoms with Crippen LogP contribution in [0.5, 0.6) is 0 Å². The van der Waals surface area contributed by atoms with Gasteiger partial charge in [-0.2, -0.15) is 0 Å². The number of methoxy groups -OCH3 is 1. The lowest BCUT2D eigenvalue weighted by Gasteiger charge is -2.33. The Morgan fingerprint density at radius 3 is 2.42 bits per heavy atom. The molecule has 1 heterocycles. The van der Waals surface area contributed by atoms with Crippen molar-refractivity contribution in [3.63, 3.8) is 0 Å². The number of nitrogens with one attached hydrogen (secondary N) is 1.